The van der Waals surface area contributed by atoms with Crippen molar-refractivity contribution in [2.24, 2.45) is 40.4 Å². The minimum atomic E-state index is -0.414. The lowest BCUT2D eigenvalue weighted by molar-refractivity contribution is -0.177. The SMILES string of the molecule is CC(=O)O[C@H]1CC[C@@]2(C)[C@@H](CC[C@@H]3[C@@H]2C[C@@H](OC(=O)c2ccccc2)[C@]2(C)C4=C(OC(CCC(C)C)[C@H]4C)[C@H]4O[C@@]432)C1. The summed E-state index contributed by atoms with van der Waals surface area (Å²) in [6.45, 7) is 13.2. The molecule has 1 unspecified atom stereocenters. The predicted molar refractivity (Wildman–Crippen MR) is 158 cm³/mol. The van der Waals surface area contributed by atoms with Crippen molar-refractivity contribution in [2.75, 3.05) is 0 Å². The van der Waals surface area contributed by atoms with Crippen LogP contribution in [0, 0.1) is 40.4 Å². The second-order valence-corrected chi connectivity index (χ2v) is 15.2. The molecule has 4 fully saturated rings. The lowest BCUT2D eigenvalue weighted by Crippen LogP contribution is -2.64. The number of esters is 2. The molecule has 6 heteroatoms. The summed E-state index contributed by atoms with van der Waals surface area (Å²) in [6.07, 6.45) is 7.89. The van der Waals surface area contributed by atoms with Crippen LogP contribution in [-0.4, -0.2) is 42.0 Å². The fourth-order valence-electron chi connectivity index (χ4n) is 10.6. The average Bonchev–Trinajstić information content (AvgIpc) is 3.54. The highest BCUT2D eigenvalue weighted by molar-refractivity contribution is 5.89. The number of hydrogen-bond donors (Lipinski definition) is 0. The number of epoxide rings is 1. The summed E-state index contributed by atoms with van der Waals surface area (Å²) in [6, 6.07) is 9.42. The topological polar surface area (TPSA) is 74.4 Å². The molecule has 2 heterocycles. The lowest BCUT2D eigenvalue weighted by atomic mass is 9.43. The van der Waals surface area contributed by atoms with Crippen LogP contribution in [0.5, 0.6) is 0 Å². The molecule has 42 heavy (non-hydrogen) atoms. The van der Waals surface area contributed by atoms with E-state index in [1.165, 1.54) is 12.5 Å². The molecule has 6 nitrogen and oxygen atoms in total. The van der Waals surface area contributed by atoms with Gasteiger partial charge in [0, 0.05) is 12.8 Å². The Labute approximate surface area is 250 Å². The molecule has 0 aromatic heterocycles. The standard InChI is InChI=1S/C36H48O6/c1-20(2)12-15-28-21(3)30-31(40-28)32-36(42-32)26-14-13-24-18-25(39-22(4)37)16-17-34(24,5)27(26)19-29(35(30,36)6)41-33(38)23-10-8-7-9-11-23/h7-11,20-21,24-29,32H,12-19H2,1-6H3/t21-,24+,25+,26-,27+,28?,29-,32-,34+,35-,36-/m1/s1. The molecule has 1 saturated heterocycles. The molecule has 11 atom stereocenters. The van der Waals surface area contributed by atoms with E-state index >= 15 is 0 Å². The van der Waals surface area contributed by atoms with E-state index in [0.29, 0.717) is 29.2 Å². The second kappa shape index (κ2) is 9.84. The first-order valence-corrected chi connectivity index (χ1v) is 16.5. The number of benzene rings is 1. The maximum Gasteiger partial charge on any atom is 0.338 e. The molecule has 3 saturated carbocycles. The summed E-state index contributed by atoms with van der Waals surface area (Å²) in [5, 5.41) is 0. The van der Waals surface area contributed by atoms with Gasteiger partial charge in [0.15, 0.2) is 0 Å². The van der Waals surface area contributed by atoms with E-state index < -0.39 is 5.41 Å². The van der Waals surface area contributed by atoms with Crippen molar-refractivity contribution in [1.29, 1.82) is 0 Å². The highest BCUT2D eigenvalue weighted by Gasteiger charge is 2.85. The Kier molecular flexibility index (Phi) is 6.66. The molecule has 7 rings (SSSR count). The molecule has 1 spiro atoms. The first-order valence-electron chi connectivity index (χ1n) is 16.5. The maximum absolute atomic E-state index is 13.7. The molecular weight excluding hydrogens is 528 g/mol. The van der Waals surface area contributed by atoms with Gasteiger partial charge in [-0.3, -0.25) is 4.79 Å². The zero-order valence-electron chi connectivity index (χ0n) is 26.2. The van der Waals surface area contributed by atoms with Crippen LogP contribution in [0.15, 0.2) is 41.7 Å². The summed E-state index contributed by atoms with van der Waals surface area (Å²) in [5.74, 6) is 2.78. The van der Waals surface area contributed by atoms with Gasteiger partial charge >= 0.3 is 11.9 Å². The molecule has 0 bridgehead atoms. The van der Waals surface area contributed by atoms with Gasteiger partial charge in [-0.05, 0) is 105 Å². The van der Waals surface area contributed by atoms with Crippen molar-refractivity contribution in [2.45, 2.75) is 123 Å². The fourth-order valence-corrected chi connectivity index (χ4v) is 10.6. The van der Waals surface area contributed by atoms with Crippen molar-refractivity contribution < 1.29 is 28.5 Å². The van der Waals surface area contributed by atoms with Crippen LogP contribution in [0.3, 0.4) is 0 Å². The third-order valence-corrected chi connectivity index (χ3v) is 12.7. The monoisotopic (exact) mass is 576 g/mol. The minimum Gasteiger partial charge on any atom is -0.491 e. The van der Waals surface area contributed by atoms with E-state index in [4.69, 9.17) is 18.9 Å². The number of ether oxygens (including phenoxy) is 4. The number of fused-ring (bicyclic) bond motifs is 5. The smallest absolute Gasteiger partial charge is 0.338 e. The van der Waals surface area contributed by atoms with Gasteiger partial charge in [0.05, 0.1) is 11.0 Å². The normalized spacial score (nSPS) is 44.7. The van der Waals surface area contributed by atoms with Crippen molar-refractivity contribution in [3.63, 3.8) is 0 Å². The molecule has 228 valence electrons. The first kappa shape index (κ1) is 28.4. The zero-order valence-corrected chi connectivity index (χ0v) is 26.2. The molecular formula is C36H48O6. The van der Waals surface area contributed by atoms with Crippen molar-refractivity contribution in [1.82, 2.24) is 0 Å². The van der Waals surface area contributed by atoms with Gasteiger partial charge in [-0.1, -0.05) is 45.9 Å². The molecule has 6 aliphatic rings. The number of carbonyl (C=O) groups is 2. The van der Waals surface area contributed by atoms with Crippen LogP contribution >= 0.6 is 0 Å². The summed E-state index contributed by atoms with van der Waals surface area (Å²) < 4.78 is 26.1. The lowest BCUT2D eigenvalue weighted by Gasteiger charge is -2.62. The van der Waals surface area contributed by atoms with Crippen LogP contribution in [0.1, 0.15) is 103 Å². The second-order valence-electron chi connectivity index (χ2n) is 15.2. The minimum absolute atomic E-state index is 0.00902. The van der Waals surface area contributed by atoms with E-state index in [9.17, 15) is 9.59 Å². The Hall–Kier alpha value is -2.34. The van der Waals surface area contributed by atoms with E-state index in [1.807, 2.05) is 30.3 Å². The summed E-state index contributed by atoms with van der Waals surface area (Å²) >= 11 is 0. The van der Waals surface area contributed by atoms with Gasteiger partial charge < -0.3 is 18.9 Å². The first-order chi connectivity index (χ1) is 20.0. The van der Waals surface area contributed by atoms with Gasteiger partial charge in [-0.15, -0.1) is 0 Å². The van der Waals surface area contributed by atoms with Gasteiger partial charge in [-0.25, -0.2) is 4.79 Å². The molecule has 4 aliphatic carbocycles. The van der Waals surface area contributed by atoms with Crippen LogP contribution in [0.4, 0.5) is 0 Å². The predicted octanol–water partition coefficient (Wildman–Crippen LogP) is 7.26. The van der Waals surface area contributed by atoms with Crippen molar-refractivity contribution >= 4 is 11.9 Å². The Morgan fingerprint density at radius 3 is 2.50 bits per heavy atom. The maximum atomic E-state index is 13.7. The van der Waals surface area contributed by atoms with Crippen molar-refractivity contribution in [3.05, 3.63) is 47.2 Å². The Morgan fingerprint density at radius 1 is 1.02 bits per heavy atom. The Morgan fingerprint density at radius 2 is 1.79 bits per heavy atom. The van der Waals surface area contributed by atoms with Crippen LogP contribution in [0.25, 0.3) is 0 Å². The largest absolute Gasteiger partial charge is 0.491 e. The quantitative estimate of drug-likeness (QED) is 0.262. The van der Waals surface area contributed by atoms with Gasteiger partial charge in [0.2, 0.25) is 0 Å². The van der Waals surface area contributed by atoms with E-state index in [1.54, 1.807) is 0 Å². The highest BCUT2D eigenvalue weighted by atomic mass is 16.6. The summed E-state index contributed by atoms with van der Waals surface area (Å²) in [4.78, 5) is 25.5. The third kappa shape index (κ3) is 3.92. The van der Waals surface area contributed by atoms with Gasteiger partial charge in [-0.2, -0.15) is 0 Å². The fraction of sp³-hybridized carbons (Fsp3) is 0.722. The third-order valence-electron chi connectivity index (χ3n) is 12.7. The molecule has 2 aliphatic heterocycles. The Balaban J connectivity index is 1.24. The zero-order chi connectivity index (χ0) is 29.6. The van der Waals surface area contributed by atoms with Gasteiger partial charge in [0.1, 0.15) is 35.8 Å². The molecule has 0 radical (unpaired) electrons. The molecule has 0 N–H and O–H groups in total. The van der Waals surface area contributed by atoms with E-state index in [2.05, 4.69) is 34.6 Å². The van der Waals surface area contributed by atoms with Crippen LogP contribution in [0.2, 0.25) is 0 Å². The highest BCUT2D eigenvalue weighted by Crippen LogP contribution is 2.78. The average molecular weight is 577 g/mol. The summed E-state index contributed by atoms with van der Waals surface area (Å²) in [5.41, 5.74) is 1.26. The van der Waals surface area contributed by atoms with Crippen molar-refractivity contribution in [3.8, 4) is 0 Å². The molecule has 1 aromatic carbocycles. The Bertz CT molecular complexity index is 1290. The van der Waals surface area contributed by atoms with E-state index in [-0.39, 0.29) is 53.3 Å². The summed E-state index contributed by atoms with van der Waals surface area (Å²) in [7, 11) is 0. The number of hydrogen-bond acceptors (Lipinski definition) is 6. The van der Waals surface area contributed by atoms with Crippen LogP contribution < -0.4 is 0 Å². The molecule has 1 aromatic rings. The number of rotatable bonds is 6. The van der Waals surface area contributed by atoms with Crippen LogP contribution in [-0.2, 0) is 23.7 Å². The van der Waals surface area contributed by atoms with E-state index in [0.717, 1.165) is 57.1 Å². The number of carbonyl (C=O) groups excluding carboxylic acids is 2. The molecule has 0 amide bonds. The van der Waals surface area contributed by atoms with Gasteiger partial charge in [0.25, 0.3) is 0 Å².